The normalized spacial score (nSPS) is 11.4. The lowest BCUT2D eigenvalue weighted by Crippen LogP contribution is -2.17. The van der Waals surface area contributed by atoms with Crippen LogP contribution in [-0.2, 0) is 11.3 Å². The van der Waals surface area contributed by atoms with E-state index in [2.05, 4.69) is 14.7 Å². The molecule has 5 nitrogen and oxygen atoms in total. The van der Waals surface area contributed by atoms with Crippen LogP contribution in [0.1, 0.15) is 5.82 Å². The maximum atomic E-state index is 12.2. The Labute approximate surface area is 117 Å². The van der Waals surface area contributed by atoms with E-state index in [0.29, 0.717) is 5.56 Å². The third kappa shape index (κ3) is 4.32. The molecule has 21 heavy (non-hydrogen) atoms. The molecule has 1 heterocycles. The van der Waals surface area contributed by atoms with Crippen molar-refractivity contribution in [1.82, 2.24) is 9.97 Å². The number of halogens is 3. The molecule has 1 aromatic heterocycles. The van der Waals surface area contributed by atoms with Crippen molar-refractivity contribution < 1.29 is 22.6 Å². The van der Waals surface area contributed by atoms with Crippen molar-refractivity contribution >= 4 is 0 Å². The minimum atomic E-state index is -4.78. The summed E-state index contributed by atoms with van der Waals surface area (Å²) >= 11 is 0. The van der Waals surface area contributed by atoms with E-state index in [9.17, 15) is 18.0 Å². The van der Waals surface area contributed by atoms with E-state index in [-0.39, 0.29) is 23.9 Å². The van der Waals surface area contributed by atoms with Crippen LogP contribution in [0.25, 0.3) is 11.3 Å². The van der Waals surface area contributed by atoms with Crippen LogP contribution < -0.4 is 10.3 Å². The SMILES string of the molecule is COCc1nc(-c2cccc(OC(F)(F)F)c2)cc(=O)[nH]1. The maximum absolute atomic E-state index is 12.2. The summed E-state index contributed by atoms with van der Waals surface area (Å²) in [6.45, 7) is 0.0851. The standard InChI is InChI=1S/C13H11F3N2O3/c1-20-7-11-17-10(6-12(19)18-11)8-3-2-4-9(5-8)21-13(14,15)16/h2-6H,7H2,1H3,(H,17,18,19). The Morgan fingerprint density at radius 1 is 1.29 bits per heavy atom. The summed E-state index contributed by atoms with van der Waals surface area (Å²) in [5.41, 5.74) is 0.146. The van der Waals surface area contributed by atoms with Crippen LogP contribution in [0.2, 0.25) is 0 Å². The van der Waals surface area contributed by atoms with Gasteiger partial charge in [-0.1, -0.05) is 12.1 Å². The highest BCUT2D eigenvalue weighted by molar-refractivity contribution is 5.60. The fourth-order valence-corrected chi connectivity index (χ4v) is 1.71. The molecule has 2 rings (SSSR count). The Kier molecular flexibility index (Phi) is 4.27. The number of methoxy groups -OCH3 is 1. The number of benzene rings is 1. The molecule has 0 atom stereocenters. The number of hydrogen-bond acceptors (Lipinski definition) is 4. The zero-order valence-corrected chi connectivity index (χ0v) is 10.9. The lowest BCUT2D eigenvalue weighted by atomic mass is 10.1. The van der Waals surface area contributed by atoms with Gasteiger partial charge < -0.3 is 14.5 Å². The molecule has 2 aromatic rings. The fourth-order valence-electron chi connectivity index (χ4n) is 1.71. The summed E-state index contributed by atoms with van der Waals surface area (Å²) in [7, 11) is 1.43. The van der Waals surface area contributed by atoms with Gasteiger partial charge in [-0.05, 0) is 12.1 Å². The van der Waals surface area contributed by atoms with Crippen LogP contribution in [0.3, 0.4) is 0 Å². The number of hydrogen-bond donors (Lipinski definition) is 1. The van der Waals surface area contributed by atoms with E-state index in [1.54, 1.807) is 0 Å². The van der Waals surface area contributed by atoms with Crippen LogP contribution >= 0.6 is 0 Å². The number of rotatable bonds is 4. The molecule has 0 saturated heterocycles. The number of nitrogens with zero attached hydrogens (tertiary/aromatic N) is 1. The average molecular weight is 300 g/mol. The highest BCUT2D eigenvalue weighted by Crippen LogP contribution is 2.26. The summed E-state index contributed by atoms with van der Waals surface area (Å²) in [6, 6.07) is 6.43. The quantitative estimate of drug-likeness (QED) is 0.942. The number of aromatic nitrogens is 2. The lowest BCUT2D eigenvalue weighted by molar-refractivity contribution is -0.274. The molecular formula is C13H11F3N2O3. The van der Waals surface area contributed by atoms with Gasteiger partial charge in [0.05, 0.1) is 5.69 Å². The van der Waals surface area contributed by atoms with Gasteiger partial charge >= 0.3 is 6.36 Å². The van der Waals surface area contributed by atoms with Crippen LogP contribution in [0.4, 0.5) is 13.2 Å². The molecule has 8 heteroatoms. The summed E-state index contributed by atoms with van der Waals surface area (Å²) in [5.74, 6) is -0.0995. The molecule has 0 spiro atoms. The topological polar surface area (TPSA) is 64.2 Å². The first-order valence-electron chi connectivity index (χ1n) is 5.83. The minimum absolute atomic E-state index is 0.0851. The molecule has 0 radical (unpaired) electrons. The van der Waals surface area contributed by atoms with Crippen molar-refractivity contribution in [3.8, 4) is 17.0 Å². The molecule has 0 amide bonds. The molecule has 0 aliphatic heterocycles. The van der Waals surface area contributed by atoms with E-state index in [4.69, 9.17) is 4.74 Å². The van der Waals surface area contributed by atoms with Crippen LogP contribution in [0.15, 0.2) is 35.1 Å². The summed E-state index contributed by atoms with van der Waals surface area (Å²) in [5, 5.41) is 0. The highest BCUT2D eigenvalue weighted by atomic mass is 19.4. The van der Waals surface area contributed by atoms with Crippen molar-refractivity contribution in [3.05, 3.63) is 46.5 Å². The number of H-pyrrole nitrogens is 1. The van der Waals surface area contributed by atoms with Gasteiger partial charge in [0.2, 0.25) is 0 Å². The molecular weight excluding hydrogens is 289 g/mol. The zero-order chi connectivity index (χ0) is 15.5. The largest absolute Gasteiger partial charge is 0.573 e. The Balaban J connectivity index is 2.38. The van der Waals surface area contributed by atoms with Gasteiger partial charge in [-0.3, -0.25) is 4.79 Å². The van der Waals surface area contributed by atoms with Gasteiger partial charge in [-0.2, -0.15) is 0 Å². The van der Waals surface area contributed by atoms with Crippen molar-refractivity contribution in [2.45, 2.75) is 13.0 Å². The van der Waals surface area contributed by atoms with Crippen molar-refractivity contribution in [1.29, 1.82) is 0 Å². The smallest absolute Gasteiger partial charge is 0.406 e. The Morgan fingerprint density at radius 3 is 2.71 bits per heavy atom. The van der Waals surface area contributed by atoms with Crippen LogP contribution in [-0.4, -0.2) is 23.4 Å². The number of alkyl halides is 3. The molecule has 0 bridgehead atoms. The molecule has 1 N–H and O–H groups in total. The third-order valence-electron chi connectivity index (χ3n) is 2.44. The lowest BCUT2D eigenvalue weighted by Gasteiger charge is -2.10. The first kappa shape index (κ1) is 15.0. The number of nitrogens with one attached hydrogen (secondary N) is 1. The predicted molar refractivity (Wildman–Crippen MR) is 67.7 cm³/mol. The third-order valence-corrected chi connectivity index (χ3v) is 2.44. The predicted octanol–water partition coefficient (Wildman–Crippen LogP) is 2.48. The van der Waals surface area contributed by atoms with E-state index in [0.717, 1.165) is 6.07 Å². The van der Waals surface area contributed by atoms with Gasteiger partial charge in [0.25, 0.3) is 5.56 Å². The van der Waals surface area contributed by atoms with E-state index < -0.39 is 11.9 Å². The molecule has 0 unspecified atom stereocenters. The first-order chi connectivity index (χ1) is 9.87. The van der Waals surface area contributed by atoms with E-state index in [1.165, 1.54) is 31.4 Å². The second kappa shape index (κ2) is 5.96. The van der Waals surface area contributed by atoms with Gasteiger partial charge in [-0.25, -0.2) is 4.98 Å². The van der Waals surface area contributed by atoms with Crippen LogP contribution in [0, 0.1) is 0 Å². The summed E-state index contributed by atoms with van der Waals surface area (Å²) in [6.07, 6.45) is -4.78. The monoisotopic (exact) mass is 300 g/mol. The molecule has 1 aromatic carbocycles. The molecule has 0 aliphatic rings. The summed E-state index contributed by atoms with van der Waals surface area (Å²) < 4.78 is 45.3. The molecule has 0 fully saturated rings. The average Bonchev–Trinajstić information content (AvgIpc) is 2.36. The Hall–Kier alpha value is -2.35. The van der Waals surface area contributed by atoms with Gasteiger partial charge in [0.1, 0.15) is 18.2 Å². The maximum Gasteiger partial charge on any atom is 0.573 e. The zero-order valence-electron chi connectivity index (χ0n) is 10.9. The van der Waals surface area contributed by atoms with Crippen molar-refractivity contribution in [2.24, 2.45) is 0 Å². The van der Waals surface area contributed by atoms with Gasteiger partial charge in [-0.15, -0.1) is 13.2 Å². The van der Waals surface area contributed by atoms with Crippen molar-refractivity contribution in [2.75, 3.05) is 7.11 Å². The minimum Gasteiger partial charge on any atom is -0.406 e. The number of ether oxygens (including phenoxy) is 2. The van der Waals surface area contributed by atoms with Crippen molar-refractivity contribution in [3.63, 3.8) is 0 Å². The Bertz CT molecular complexity index is 683. The van der Waals surface area contributed by atoms with E-state index >= 15 is 0 Å². The molecule has 112 valence electrons. The van der Waals surface area contributed by atoms with Gasteiger partial charge in [0.15, 0.2) is 0 Å². The fraction of sp³-hybridized carbons (Fsp3) is 0.231. The second-order valence-electron chi connectivity index (χ2n) is 4.09. The Morgan fingerprint density at radius 2 is 2.05 bits per heavy atom. The van der Waals surface area contributed by atoms with E-state index in [1.807, 2.05) is 0 Å². The summed E-state index contributed by atoms with van der Waals surface area (Å²) in [4.78, 5) is 18.1. The molecule has 0 aliphatic carbocycles. The molecule has 0 saturated carbocycles. The highest BCUT2D eigenvalue weighted by Gasteiger charge is 2.31. The van der Waals surface area contributed by atoms with Crippen LogP contribution in [0.5, 0.6) is 5.75 Å². The second-order valence-corrected chi connectivity index (χ2v) is 4.09. The number of aromatic amines is 1. The first-order valence-corrected chi connectivity index (χ1v) is 5.83. The van der Waals surface area contributed by atoms with Gasteiger partial charge in [0, 0.05) is 18.7 Å².